The number of para-hydroxylation sites is 4. The highest BCUT2D eigenvalue weighted by atomic mass is 79.9. The van der Waals surface area contributed by atoms with Crippen LogP contribution in [-0.2, 0) is 9.53 Å². The standard InChI is InChI=1S/C30H25Br2N3O5/c31-19-17-22(28(37)23(32)18-19)29(40-30(38)34-20-9-3-1-4-10-20)26(39-21-11-5-2-6-12-21)15-16-27(36)35-25-14-8-7-13-24(25)33/h1-18,26,29,37H,33H2,(H,34,38)(H,35,36)/b16-15+/t26-,29-/m1/s1. The molecule has 0 aliphatic rings. The van der Waals surface area contributed by atoms with Crippen LogP contribution in [0.15, 0.2) is 118 Å². The van der Waals surface area contributed by atoms with E-state index in [1.807, 2.05) is 12.1 Å². The van der Waals surface area contributed by atoms with E-state index in [9.17, 15) is 14.7 Å². The topological polar surface area (TPSA) is 123 Å². The third-order valence-electron chi connectivity index (χ3n) is 5.59. The van der Waals surface area contributed by atoms with E-state index in [-0.39, 0.29) is 11.3 Å². The number of halogens is 2. The predicted molar refractivity (Wildman–Crippen MR) is 162 cm³/mol. The zero-order valence-electron chi connectivity index (χ0n) is 21.0. The fourth-order valence-corrected chi connectivity index (χ4v) is 4.98. The van der Waals surface area contributed by atoms with Gasteiger partial charge in [0.2, 0.25) is 5.91 Å². The maximum absolute atomic E-state index is 13.0. The molecule has 204 valence electrons. The molecule has 0 unspecified atom stereocenters. The molecule has 0 aliphatic heterocycles. The van der Waals surface area contributed by atoms with Crippen molar-refractivity contribution in [3.63, 3.8) is 0 Å². The molecule has 10 heteroatoms. The molecular formula is C30H25Br2N3O5. The number of carbonyl (C=O) groups is 2. The molecule has 0 heterocycles. The Hall–Kier alpha value is -4.28. The summed E-state index contributed by atoms with van der Waals surface area (Å²) in [6, 6.07) is 27.7. The highest BCUT2D eigenvalue weighted by molar-refractivity contribution is 9.11. The van der Waals surface area contributed by atoms with Crippen LogP contribution < -0.4 is 21.1 Å². The van der Waals surface area contributed by atoms with Crippen LogP contribution in [0.1, 0.15) is 11.7 Å². The lowest BCUT2D eigenvalue weighted by molar-refractivity contribution is -0.112. The van der Waals surface area contributed by atoms with Gasteiger partial charge >= 0.3 is 6.09 Å². The van der Waals surface area contributed by atoms with Crippen LogP contribution in [0.25, 0.3) is 0 Å². The molecule has 5 N–H and O–H groups in total. The van der Waals surface area contributed by atoms with Gasteiger partial charge in [0, 0.05) is 21.8 Å². The van der Waals surface area contributed by atoms with Crippen LogP contribution in [0, 0.1) is 0 Å². The van der Waals surface area contributed by atoms with Gasteiger partial charge in [0.05, 0.1) is 15.8 Å². The van der Waals surface area contributed by atoms with E-state index in [4.69, 9.17) is 15.2 Å². The number of phenols is 1. The summed E-state index contributed by atoms with van der Waals surface area (Å²) in [4.78, 5) is 25.9. The summed E-state index contributed by atoms with van der Waals surface area (Å²) in [5, 5.41) is 16.4. The number of phenolic OH excluding ortho intramolecular Hbond substituents is 1. The third kappa shape index (κ3) is 7.87. The number of nitrogens with one attached hydrogen (secondary N) is 2. The normalized spacial score (nSPS) is 12.3. The minimum Gasteiger partial charge on any atom is -0.506 e. The van der Waals surface area contributed by atoms with E-state index in [1.54, 1.807) is 84.9 Å². The first-order valence-corrected chi connectivity index (χ1v) is 13.6. The van der Waals surface area contributed by atoms with Crippen molar-refractivity contribution in [3.05, 3.63) is 124 Å². The molecule has 2 amide bonds. The van der Waals surface area contributed by atoms with E-state index in [1.165, 1.54) is 12.2 Å². The van der Waals surface area contributed by atoms with Crippen LogP contribution in [0.4, 0.5) is 21.9 Å². The van der Waals surface area contributed by atoms with Crippen molar-refractivity contribution in [1.82, 2.24) is 0 Å². The van der Waals surface area contributed by atoms with Crippen molar-refractivity contribution >= 4 is 60.9 Å². The quantitative estimate of drug-likeness (QED) is 0.109. The van der Waals surface area contributed by atoms with Crippen molar-refractivity contribution in [2.24, 2.45) is 0 Å². The summed E-state index contributed by atoms with van der Waals surface area (Å²) in [6.45, 7) is 0. The van der Waals surface area contributed by atoms with Crippen LogP contribution >= 0.6 is 31.9 Å². The van der Waals surface area contributed by atoms with E-state index >= 15 is 0 Å². The van der Waals surface area contributed by atoms with Crippen LogP contribution in [0.2, 0.25) is 0 Å². The first-order valence-electron chi connectivity index (χ1n) is 12.1. The Labute approximate surface area is 248 Å². The monoisotopic (exact) mass is 665 g/mol. The lowest BCUT2D eigenvalue weighted by atomic mass is 10.0. The number of amides is 2. The summed E-state index contributed by atoms with van der Waals surface area (Å²) in [6.07, 6.45) is -0.312. The Morgan fingerprint density at radius 3 is 2.23 bits per heavy atom. The number of ether oxygens (including phenoxy) is 2. The van der Waals surface area contributed by atoms with Crippen molar-refractivity contribution < 1.29 is 24.2 Å². The second kappa shape index (κ2) is 13.7. The second-order valence-electron chi connectivity index (χ2n) is 8.47. The van der Waals surface area contributed by atoms with Gasteiger partial charge in [-0.15, -0.1) is 0 Å². The molecule has 0 aliphatic carbocycles. The Kier molecular flexibility index (Phi) is 9.82. The van der Waals surface area contributed by atoms with Gasteiger partial charge in [-0.25, -0.2) is 4.79 Å². The number of hydrogen-bond acceptors (Lipinski definition) is 6. The van der Waals surface area contributed by atoms with Gasteiger partial charge in [0.15, 0.2) is 12.2 Å². The van der Waals surface area contributed by atoms with Gasteiger partial charge in [-0.05, 0) is 70.5 Å². The smallest absolute Gasteiger partial charge is 0.412 e. The van der Waals surface area contributed by atoms with E-state index < -0.39 is 24.2 Å². The van der Waals surface area contributed by atoms with Gasteiger partial charge in [0.1, 0.15) is 11.5 Å². The minimum absolute atomic E-state index is 0.155. The van der Waals surface area contributed by atoms with Gasteiger partial charge in [0.25, 0.3) is 0 Å². The maximum Gasteiger partial charge on any atom is 0.412 e. The highest BCUT2D eigenvalue weighted by Gasteiger charge is 2.31. The van der Waals surface area contributed by atoms with Crippen LogP contribution in [0.3, 0.4) is 0 Å². The van der Waals surface area contributed by atoms with Crippen molar-refractivity contribution in [2.45, 2.75) is 12.2 Å². The summed E-state index contributed by atoms with van der Waals surface area (Å²) in [5.74, 6) is -0.181. The molecule has 4 aromatic rings. The van der Waals surface area contributed by atoms with E-state index in [0.717, 1.165) is 0 Å². The van der Waals surface area contributed by atoms with Gasteiger partial charge in [-0.1, -0.05) is 64.5 Å². The van der Waals surface area contributed by atoms with Gasteiger partial charge in [-0.2, -0.15) is 0 Å². The molecule has 0 saturated carbocycles. The molecule has 0 radical (unpaired) electrons. The Balaban J connectivity index is 1.70. The Bertz CT molecular complexity index is 1500. The Morgan fingerprint density at radius 1 is 0.875 bits per heavy atom. The molecule has 8 nitrogen and oxygen atoms in total. The molecule has 4 rings (SSSR count). The van der Waals surface area contributed by atoms with E-state index in [0.29, 0.717) is 31.8 Å². The molecule has 0 fully saturated rings. The van der Waals surface area contributed by atoms with Gasteiger partial charge in [-0.3, -0.25) is 10.1 Å². The second-order valence-corrected chi connectivity index (χ2v) is 10.2. The Morgan fingerprint density at radius 2 is 1.52 bits per heavy atom. The molecule has 0 saturated heterocycles. The number of rotatable bonds is 9. The molecule has 2 atom stereocenters. The predicted octanol–water partition coefficient (Wildman–Crippen LogP) is 7.43. The number of hydrogen-bond donors (Lipinski definition) is 4. The maximum atomic E-state index is 13.0. The third-order valence-corrected chi connectivity index (χ3v) is 6.65. The fourth-order valence-electron chi connectivity index (χ4n) is 3.72. The number of aromatic hydroxyl groups is 1. The lowest BCUT2D eigenvalue weighted by Gasteiger charge is -2.27. The van der Waals surface area contributed by atoms with Crippen molar-refractivity contribution in [1.29, 1.82) is 0 Å². The van der Waals surface area contributed by atoms with Crippen molar-refractivity contribution in [2.75, 3.05) is 16.4 Å². The summed E-state index contributed by atoms with van der Waals surface area (Å²) < 4.78 is 13.0. The minimum atomic E-state index is -1.19. The molecule has 0 aromatic heterocycles. The first-order chi connectivity index (χ1) is 19.3. The number of anilines is 3. The van der Waals surface area contributed by atoms with Crippen molar-refractivity contribution in [3.8, 4) is 11.5 Å². The van der Waals surface area contributed by atoms with Crippen LogP contribution in [0.5, 0.6) is 11.5 Å². The number of carbonyl (C=O) groups excluding carboxylic acids is 2. The molecule has 40 heavy (non-hydrogen) atoms. The summed E-state index contributed by atoms with van der Waals surface area (Å²) in [5.41, 5.74) is 7.56. The van der Waals surface area contributed by atoms with E-state index in [2.05, 4.69) is 42.5 Å². The average Bonchev–Trinajstić information content (AvgIpc) is 2.94. The molecule has 0 spiro atoms. The molecule has 4 aromatic carbocycles. The number of nitrogen functional groups attached to an aromatic ring is 1. The lowest BCUT2D eigenvalue weighted by Crippen LogP contribution is -2.30. The summed E-state index contributed by atoms with van der Waals surface area (Å²) in [7, 11) is 0. The van der Waals surface area contributed by atoms with Crippen LogP contribution in [-0.4, -0.2) is 23.2 Å². The highest BCUT2D eigenvalue weighted by Crippen LogP contribution is 2.39. The first kappa shape index (κ1) is 28.7. The SMILES string of the molecule is Nc1ccccc1NC(=O)/C=C/[C@@H](Oc1ccccc1)[C@H](OC(=O)Nc1ccccc1)c1cc(Br)cc(Br)c1O. The fraction of sp³-hybridized carbons (Fsp3) is 0.0667. The zero-order valence-corrected chi connectivity index (χ0v) is 24.1. The zero-order chi connectivity index (χ0) is 28.5. The number of benzene rings is 4. The molecule has 0 bridgehead atoms. The summed E-state index contributed by atoms with van der Waals surface area (Å²) >= 11 is 6.76. The number of nitrogens with two attached hydrogens (primary N) is 1. The van der Waals surface area contributed by atoms with Gasteiger partial charge < -0.3 is 25.6 Å². The largest absolute Gasteiger partial charge is 0.506 e. The average molecular weight is 667 g/mol. The molecular weight excluding hydrogens is 642 g/mol.